The molecule has 0 atom stereocenters. The number of nitrogens with zero attached hydrogens (tertiary/aromatic N) is 3. The number of H-pyrrole nitrogens is 1. The van der Waals surface area contributed by atoms with Gasteiger partial charge < -0.3 is 20.6 Å². The van der Waals surface area contributed by atoms with E-state index in [1.165, 1.54) is 0 Å². The third-order valence-electron chi connectivity index (χ3n) is 4.90. The Hall–Kier alpha value is -3.65. The number of hydrogen-bond acceptors (Lipinski definition) is 5. The Bertz CT molecular complexity index is 1140. The predicted molar refractivity (Wildman–Crippen MR) is 115 cm³/mol. The van der Waals surface area contributed by atoms with Crippen molar-refractivity contribution in [2.24, 2.45) is 5.73 Å². The highest BCUT2D eigenvalue weighted by Crippen LogP contribution is 2.23. The summed E-state index contributed by atoms with van der Waals surface area (Å²) in [6.07, 6.45) is 3.23. The van der Waals surface area contributed by atoms with Gasteiger partial charge in [0.1, 0.15) is 11.4 Å². The minimum Gasteiger partial charge on any atom is -0.497 e. The van der Waals surface area contributed by atoms with Crippen LogP contribution in [0.3, 0.4) is 0 Å². The number of ether oxygens (including phenoxy) is 1. The fourth-order valence-electron chi connectivity index (χ4n) is 3.27. The van der Waals surface area contributed by atoms with E-state index >= 15 is 0 Å². The van der Waals surface area contributed by atoms with Gasteiger partial charge in [-0.3, -0.25) is 0 Å². The summed E-state index contributed by atoms with van der Waals surface area (Å²) in [7, 11) is 1.65. The number of aromatic amines is 1. The highest BCUT2D eigenvalue weighted by molar-refractivity contribution is 5.80. The summed E-state index contributed by atoms with van der Waals surface area (Å²) in [5, 5.41) is 14.2. The number of methoxy groups -OCH3 is 1. The SMILES string of the molecule is COc1cccc(CN)c1.Cc1nn(C(=O)O)c(C)c1Cc1c[nH]c2ncccc12. The molecule has 0 saturated carbocycles. The monoisotopic (exact) mass is 407 g/mol. The van der Waals surface area contributed by atoms with E-state index in [2.05, 4.69) is 15.1 Å². The first-order valence-electron chi connectivity index (χ1n) is 9.47. The van der Waals surface area contributed by atoms with E-state index in [0.29, 0.717) is 18.7 Å². The molecule has 4 N–H and O–H groups in total. The lowest BCUT2D eigenvalue weighted by atomic mass is 10.0. The van der Waals surface area contributed by atoms with Crippen LogP contribution in [0.2, 0.25) is 0 Å². The van der Waals surface area contributed by atoms with Crippen molar-refractivity contribution in [3.63, 3.8) is 0 Å². The molecule has 0 aliphatic rings. The Labute approximate surface area is 174 Å². The minimum atomic E-state index is -1.06. The van der Waals surface area contributed by atoms with Crippen LogP contribution < -0.4 is 10.5 Å². The molecule has 1 aromatic carbocycles. The van der Waals surface area contributed by atoms with Crippen LogP contribution in [0.25, 0.3) is 11.0 Å². The van der Waals surface area contributed by atoms with Crippen LogP contribution in [0.4, 0.5) is 4.79 Å². The summed E-state index contributed by atoms with van der Waals surface area (Å²) < 4.78 is 6.03. The summed E-state index contributed by atoms with van der Waals surface area (Å²) in [6, 6.07) is 11.6. The molecule has 0 saturated heterocycles. The van der Waals surface area contributed by atoms with Crippen molar-refractivity contribution in [1.82, 2.24) is 19.7 Å². The summed E-state index contributed by atoms with van der Waals surface area (Å²) >= 11 is 0. The second kappa shape index (κ2) is 9.23. The summed E-state index contributed by atoms with van der Waals surface area (Å²) in [4.78, 5) is 18.5. The number of carbonyl (C=O) groups is 1. The molecule has 0 aliphatic carbocycles. The third-order valence-corrected chi connectivity index (χ3v) is 4.90. The van der Waals surface area contributed by atoms with Crippen molar-refractivity contribution < 1.29 is 14.6 Å². The maximum atomic E-state index is 11.1. The maximum absolute atomic E-state index is 11.1. The molecule has 4 rings (SSSR count). The number of fused-ring (bicyclic) bond motifs is 1. The molecule has 0 bridgehead atoms. The molecule has 8 heteroatoms. The van der Waals surface area contributed by atoms with Crippen molar-refractivity contribution >= 4 is 17.1 Å². The molecule has 0 fully saturated rings. The topological polar surface area (TPSA) is 119 Å². The molecule has 3 heterocycles. The van der Waals surface area contributed by atoms with Gasteiger partial charge in [-0.05, 0) is 49.2 Å². The molecule has 4 aromatic rings. The predicted octanol–water partition coefficient (Wildman–Crippen LogP) is 3.65. The first-order valence-corrected chi connectivity index (χ1v) is 9.47. The van der Waals surface area contributed by atoms with Gasteiger partial charge in [-0.1, -0.05) is 12.1 Å². The van der Waals surface area contributed by atoms with Gasteiger partial charge in [0.2, 0.25) is 0 Å². The maximum Gasteiger partial charge on any atom is 0.432 e. The molecule has 0 spiro atoms. The number of aromatic nitrogens is 4. The smallest absolute Gasteiger partial charge is 0.432 e. The molecule has 30 heavy (non-hydrogen) atoms. The van der Waals surface area contributed by atoms with Crippen molar-refractivity contribution in [3.05, 3.63) is 76.9 Å². The fourth-order valence-corrected chi connectivity index (χ4v) is 3.27. The van der Waals surface area contributed by atoms with E-state index < -0.39 is 6.09 Å². The molecular formula is C22H25N5O3. The van der Waals surface area contributed by atoms with Crippen molar-refractivity contribution in [1.29, 1.82) is 0 Å². The quantitative estimate of drug-likeness (QED) is 0.475. The Balaban J connectivity index is 0.000000216. The van der Waals surface area contributed by atoms with Crippen LogP contribution in [-0.4, -0.2) is 38.1 Å². The van der Waals surface area contributed by atoms with Crippen molar-refractivity contribution in [3.8, 4) is 5.75 Å². The number of pyridine rings is 1. The van der Waals surface area contributed by atoms with Crippen LogP contribution >= 0.6 is 0 Å². The minimum absolute atomic E-state index is 0.567. The molecule has 3 aromatic heterocycles. The second-order valence-electron chi connectivity index (χ2n) is 6.79. The lowest BCUT2D eigenvalue weighted by molar-refractivity contribution is 0.192. The van der Waals surface area contributed by atoms with Crippen LogP contribution in [0.15, 0.2) is 48.8 Å². The largest absolute Gasteiger partial charge is 0.497 e. The number of benzene rings is 1. The van der Waals surface area contributed by atoms with Gasteiger partial charge in [0.05, 0.1) is 18.5 Å². The van der Waals surface area contributed by atoms with E-state index in [-0.39, 0.29) is 0 Å². The van der Waals surface area contributed by atoms with Crippen LogP contribution in [0, 0.1) is 13.8 Å². The van der Waals surface area contributed by atoms with Gasteiger partial charge >= 0.3 is 6.09 Å². The van der Waals surface area contributed by atoms with Gasteiger partial charge in [0.15, 0.2) is 0 Å². The lowest BCUT2D eigenvalue weighted by Gasteiger charge is -2.01. The van der Waals surface area contributed by atoms with E-state index in [9.17, 15) is 4.79 Å². The fraction of sp³-hybridized carbons (Fsp3) is 0.227. The highest BCUT2D eigenvalue weighted by atomic mass is 16.5. The molecule has 0 unspecified atom stereocenters. The van der Waals surface area contributed by atoms with E-state index in [1.54, 1.807) is 20.2 Å². The number of rotatable bonds is 4. The van der Waals surface area contributed by atoms with Crippen molar-refractivity contribution in [2.45, 2.75) is 26.8 Å². The Morgan fingerprint density at radius 2 is 2.07 bits per heavy atom. The lowest BCUT2D eigenvalue weighted by Crippen LogP contribution is -2.11. The molecular weight excluding hydrogens is 382 g/mol. The summed E-state index contributed by atoms with van der Waals surface area (Å²) in [6.45, 7) is 4.17. The summed E-state index contributed by atoms with van der Waals surface area (Å²) in [5.74, 6) is 0.864. The van der Waals surface area contributed by atoms with E-state index in [1.807, 2.05) is 49.5 Å². The average Bonchev–Trinajstić information content (AvgIpc) is 3.30. The highest BCUT2D eigenvalue weighted by Gasteiger charge is 2.17. The molecule has 0 amide bonds. The number of nitrogens with one attached hydrogen (secondary N) is 1. The van der Waals surface area contributed by atoms with Gasteiger partial charge in [-0.2, -0.15) is 9.78 Å². The van der Waals surface area contributed by atoms with Gasteiger partial charge in [-0.25, -0.2) is 9.78 Å². The Morgan fingerprint density at radius 1 is 1.27 bits per heavy atom. The van der Waals surface area contributed by atoms with Gasteiger partial charge in [0, 0.05) is 36.3 Å². The molecule has 0 radical (unpaired) electrons. The number of hydrogen-bond donors (Lipinski definition) is 3. The van der Waals surface area contributed by atoms with E-state index in [4.69, 9.17) is 15.6 Å². The molecule has 0 aliphatic heterocycles. The van der Waals surface area contributed by atoms with Crippen LogP contribution in [0.5, 0.6) is 5.75 Å². The summed E-state index contributed by atoms with van der Waals surface area (Å²) in [5.41, 5.74) is 10.8. The third kappa shape index (κ3) is 4.49. The zero-order valence-electron chi connectivity index (χ0n) is 17.2. The number of aryl methyl sites for hydroxylation is 1. The normalized spacial score (nSPS) is 10.5. The average molecular weight is 407 g/mol. The Morgan fingerprint density at radius 3 is 2.73 bits per heavy atom. The van der Waals surface area contributed by atoms with Gasteiger partial charge in [-0.15, -0.1) is 0 Å². The zero-order chi connectivity index (χ0) is 21.7. The van der Waals surface area contributed by atoms with Crippen molar-refractivity contribution in [2.75, 3.05) is 7.11 Å². The second-order valence-corrected chi connectivity index (χ2v) is 6.79. The first kappa shape index (κ1) is 21.1. The molecule has 156 valence electrons. The number of nitrogens with two attached hydrogens (primary N) is 1. The zero-order valence-corrected chi connectivity index (χ0v) is 17.2. The van der Waals surface area contributed by atoms with Crippen LogP contribution in [-0.2, 0) is 13.0 Å². The van der Waals surface area contributed by atoms with Gasteiger partial charge in [0.25, 0.3) is 0 Å². The number of carboxylic acid groups (broad SMARTS) is 1. The van der Waals surface area contributed by atoms with Crippen LogP contribution in [0.1, 0.15) is 28.1 Å². The Kier molecular flexibility index (Phi) is 6.48. The van der Waals surface area contributed by atoms with E-state index in [0.717, 1.165) is 43.8 Å². The first-order chi connectivity index (χ1) is 14.4. The molecule has 8 nitrogen and oxygen atoms in total. The standard InChI is InChI=1S/C14H14N4O2.C8H11NO/c1-8-12(9(2)18(17-8)14(19)20)6-10-7-16-13-11(10)4-3-5-15-13;1-10-8-4-2-3-7(5-8)6-9/h3-5,7H,6H2,1-2H3,(H,15,16)(H,19,20);2-5H,6,9H2,1H3.